The van der Waals surface area contributed by atoms with E-state index >= 15 is 0 Å². The summed E-state index contributed by atoms with van der Waals surface area (Å²) in [6.07, 6.45) is 0.265. The van der Waals surface area contributed by atoms with E-state index in [1.807, 2.05) is 6.92 Å². The minimum Gasteiger partial charge on any atom is -0.746 e. The van der Waals surface area contributed by atoms with Crippen LogP contribution in [-0.4, -0.2) is 35.2 Å². The Hall–Kier alpha value is 0.830. The first-order valence-corrected chi connectivity index (χ1v) is 5.95. The molecular formula is C8H15NaO5S. The van der Waals surface area contributed by atoms with Crippen molar-refractivity contribution in [1.82, 2.24) is 0 Å². The summed E-state index contributed by atoms with van der Waals surface area (Å²) >= 11 is 0. The first-order chi connectivity index (χ1) is 6.22. The smallest absolute Gasteiger partial charge is 0.746 e. The van der Waals surface area contributed by atoms with Gasteiger partial charge in [0.2, 0.25) is 0 Å². The van der Waals surface area contributed by atoms with Gasteiger partial charge in [0.1, 0.15) is 10.1 Å². The Kier molecular flexibility index (Phi) is 5.27. The van der Waals surface area contributed by atoms with Crippen molar-refractivity contribution >= 4 is 10.1 Å². The second kappa shape index (κ2) is 5.00. The number of hydrogen-bond acceptors (Lipinski definition) is 5. The minimum absolute atomic E-state index is 0. The Morgan fingerprint density at radius 1 is 1.53 bits per heavy atom. The predicted molar refractivity (Wildman–Crippen MR) is 48.5 cm³/mol. The Balaban J connectivity index is 0.00000196. The average Bonchev–Trinajstić information content (AvgIpc) is 2.02. The quantitative estimate of drug-likeness (QED) is 0.420. The molecule has 84 valence electrons. The van der Waals surface area contributed by atoms with Crippen molar-refractivity contribution < 1.29 is 52.4 Å². The molecule has 1 fully saturated rings. The zero-order valence-corrected chi connectivity index (χ0v) is 12.1. The van der Waals surface area contributed by atoms with E-state index in [9.17, 15) is 18.1 Å². The zero-order chi connectivity index (χ0) is 11.0. The zero-order valence-electron chi connectivity index (χ0n) is 9.32. The van der Waals surface area contributed by atoms with Crippen LogP contribution in [0, 0.1) is 0 Å². The fourth-order valence-electron chi connectivity index (χ4n) is 1.62. The molecule has 1 saturated heterocycles. The molecule has 1 heterocycles. The summed E-state index contributed by atoms with van der Waals surface area (Å²) in [5, 5.41) is 9.69. The molecule has 0 spiro atoms. The van der Waals surface area contributed by atoms with Crippen LogP contribution in [0.15, 0.2) is 0 Å². The minimum atomic E-state index is -4.68. The Morgan fingerprint density at radius 2 is 2.07 bits per heavy atom. The van der Waals surface area contributed by atoms with Gasteiger partial charge >= 0.3 is 29.6 Å². The summed E-state index contributed by atoms with van der Waals surface area (Å²) in [6, 6.07) is 0. The molecule has 0 radical (unpaired) electrons. The molecule has 0 aromatic heterocycles. The van der Waals surface area contributed by atoms with Crippen LogP contribution in [0.4, 0.5) is 0 Å². The summed E-state index contributed by atoms with van der Waals surface area (Å²) in [5.41, 5.74) is -0.718. The molecule has 1 aliphatic rings. The molecule has 0 amide bonds. The van der Waals surface area contributed by atoms with Crippen molar-refractivity contribution in [3.63, 3.8) is 0 Å². The van der Waals surface area contributed by atoms with E-state index in [2.05, 4.69) is 0 Å². The van der Waals surface area contributed by atoms with Gasteiger partial charge in [-0.2, -0.15) is 0 Å². The van der Waals surface area contributed by atoms with E-state index in [1.165, 1.54) is 0 Å². The van der Waals surface area contributed by atoms with Crippen LogP contribution in [0.25, 0.3) is 0 Å². The van der Waals surface area contributed by atoms with E-state index in [-0.39, 0.29) is 49.0 Å². The van der Waals surface area contributed by atoms with Gasteiger partial charge in [-0.15, -0.1) is 0 Å². The van der Waals surface area contributed by atoms with Gasteiger partial charge in [-0.25, -0.2) is 8.42 Å². The van der Waals surface area contributed by atoms with Crippen molar-refractivity contribution in [2.75, 3.05) is 6.61 Å². The van der Waals surface area contributed by atoms with Gasteiger partial charge in [0, 0.05) is 12.8 Å². The van der Waals surface area contributed by atoms with Gasteiger partial charge in [-0.3, -0.25) is 0 Å². The van der Waals surface area contributed by atoms with Crippen LogP contribution in [0.3, 0.4) is 0 Å². The molecule has 7 heteroatoms. The number of hydrogen-bond donors (Lipinski definition) is 1. The van der Waals surface area contributed by atoms with Crippen LogP contribution < -0.4 is 29.6 Å². The molecule has 0 aromatic carbocycles. The van der Waals surface area contributed by atoms with Gasteiger partial charge in [0.15, 0.2) is 4.93 Å². The maximum Gasteiger partial charge on any atom is 1.00 e. The van der Waals surface area contributed by atoms with Crippen LogP contribution in [0.2, 0.25) is 0 Å². The Morgan fingerprint density at radius 3 is 2.47 bits per heavy atom. The Bertz CT molecular complexity index is 317. The largest absolute Gasteiger partial charge is 1.00 e. The first kappa shape index (κ1) is 15.8. The van der Waals surface area contributed by atoms with Crippen molar-refractivity contribution in [1.29, 1.82) is 0 Å². The van der Waals surface area contributed by atoms with E-state index in [4.69, 9.17) is 4.74 Å². The van der Waals surface area contributed by atoms with Crippen LogP contribution in [-0.2, 0) is 14.9 Å². The number of aliphatic hydroxyl groups is 1. The van der Waals surface area contributed by atoms with Gasteiger partial charge in [0.05, 0.1) is 12.2 Å². The summed E-state index contributed by atoms with van der Waals surface area (Å²) in [5.74, 6) is 0. The van der Waals surface area contributed by atoms with Crippen LogP contribution in [0.5, 0.6) is 0 Å². The fraction of sp³-hybridized carbons (Fsp3) is 1.00. The second-order valence-corrected chi connectivity index (χ2v) is 5.65. The predicted octanol–water partition coefficient (Wildman–Crippen LogP) is -2.80. The molecule has 2 unspecified atom stereocenters. The van der Waals surface area contributed by atoms with Gasteiger partial charge < -0.3 is 14.4 Å². The van der Waals surface area contributed by atoms with Crippen molar-refractivity contribution in [2.24, 2.45) is 0 Å². The second-order valence-electron chi connectivity index (χ2n) is 3.98. The molecule has 5 nitrogen and oxygen atoms in total. The molecule has 0 bridgehead atoms. The van der Waals surface area contributed by atoms with Crippen molar-refractivity contribution in [3.05, 3.63) is 0 Å². The average molecular weight is 246 g/mol. The topological polar surface area (TPSA) is 86.7 Å². The normalized spacial score (nSPS) is 37.1. The third-order valence-electron chi connectivity index (χ3n) is 2.81. The monoisotopic (exact) mass is 246 g/mol. The summed E-state index contributed by atoms with van der Waals surface area (Å²) in [7, 11) is -4.68. The third-order valence-corrected chi connectivity index (χ3v) is 4.09. The standard InChI is InChI=1S/C8H16O5S.Na/c1-3-7(2)6-8(9,4-5-13-7)14(10,11)12;/h9H,3-6H2,1-2H3,(H,10,11,12);/q;+1/p-1. The summed E-state index contributed by atoms with van der Waals surface area (Å²) in [6.45, 7) is 3.62. The van der Waals surface area contributed by atoms with Crippen molar-refractivity contribution in [3.8, 4) is 0 Å². The van der Waals surface area contributed by atoms with E-state index in [0.29, 0.717) is 6.42 Å². The van der Waals surface area contributed by atoms with E-state index in [0.717, 1.165) is 0 Å². The third kappa shape index (κ3) is 3.39. The maximum absolute atomic E-state index is 10.9. The molecule has 1 aliphatic heterocycles. The Labute approximate surface area is 112 Å². The SMILES string of the molecule is CCC1(C)CC(O)(S(=O)(=O)[O-])CCO1.[Na+]. The number of rotatable bonds is 2. The number of ether oxygens (including phenoxy) is 1. The molecule has 0 aromatic rings. The first-order valence-electron chi connectivity index (χ1n) is 4.54. The van der Waals surface area contributed by atoms with Crippen molar-refractivity contribution in [2.45, 2.75) is 43.6 Å². The summed E-state index contributed by atoms with van der Waals surface area (Å²) in [4.78, 5) is -2.16. The van der Waals surface area contributed by atoms with Gasteiger partial charge in [-0.05, 0) is 13.3 Å². The molecular weight excluding hydrogens is 231 g/mol. The van der Waals surface area contributed by atoms with Crippen LogP contribution in [0.1, 0.15) is 33.1 Å². The molecule has 0 saturated carbocycles. The van der Waals surface area contributed by atoms with E-state index in [1.54, 1.807) is 6.92 Å². The fourth-order valence-corrected chi connectivity index (χ4v) is 2.44. The molecule has 15 heavy (non-hydrogen) atoms. The summed E-state index contributed by atoms with van der Waals surface area (Å²) < 4.78 is 37.9. The van der Waals surface area contributed by atoms with Gasteiger partial charge in [-0.1, -0.05) is 6.92 Å². The van der Waals surface area contributed by atoms with Gasteiger partial charge in [0.25, 0.3) is 0 Å². The molecule has 1 N–H and O–H groups in total. The van der Waals surface area contributed by atoms with E-state index < -0.39 is 20.7 Å². The molecule has 2 atom stereocenters. The molecule has 1 rings (SSSR count). The maximum atomic E-state index is 10.9. The molecule has 0 aliphatic carbocycles. The van der Waals surface area contributed by atoms with Crippen LogP contribution >= 0.6 is 0 Å².